The molecule has 3 aromatic carbocycles. The lowest BCUT2D eigenvalue weighted by Crippen LogP contribution is -2.24. The van der Waals surface area contributed by atoms with Crippen molar-refractivity contribution in [2.45, 2.75) is 17.2 Å². The van der Waals surface area contributed by atoms with Crippen LogP contribution < -0.4 is 5.43 Å². The number of imidazole rings is 1. The number of hydrogen-bond donors (Lipinski definition) is 2. The van der Waals surface area contributed by atoms with Gasteiger partial charge in [-0.1, -0.05) is 42.5 Å². The fourth-order valence-corrected chi connectivity index (χ4v) is 3.91. The zero-order valence-corrected chi connectivity index (χ0v) is 16.9. The Kier molecular flexibility index (Phi) is 6.10. The standard InChI is InChI=1S/C23H20N4O2S/c28-18-8-6-7-17(13-18)14-24-26-23(29)15-27-21-12-5-4-11-20(21)25-22(27)16-30-19-9-2-1-3-10-19/h1-14,28H,15-16H2,(H,26,29). The van der Waals surface area contributed by atoms with Gasteiger partial charge in [0.15, 0.2) is 0 Å². The molecule has 0 saturated carbocycles. The number of nitrogens with zero attached hydrogens (tertiary/aromatic N) is 3. The van der Waals surface area contributed by atoms with Crippen molar-refractivity contribution in [1.29, 1.82) is 0 Å². The smallest absolute Gasteiger partial charge is 0.260 e. The number of carbonyl (C=O) groups excluding carboxylic acids is 1. The Hall–Kier alpha value is -3.58. The minimum atomic E-state index is -0.250. The van der Waals surface area contributed by atoms with Crippen LogP contribution in [0.5, 0.6) is 5.75 Å². The summed E-state index contributed by atoms with van der Waals surface area (Å²) < 4.78 is 1.92. The third-order valence-electron chi connectivity index (χ3n) is 4.42. The SMILES string of the molecule is O=C(Cn1c(CSc2ccccc2)nc2ccccc21)NN=Cc1cccc(O)c1. The molecule has 1 aromatic heterocycles. The second kappa shape index (κ2) is 9.28. The van der Waals surface area contributed by atoms with Crippen LogP contribution in [0.2, 0.25) is 0 Å². The van der Waals surface area contributed by atoms with Gasteiger partial charge in [0.1, 0.15) is 18.1 Å². The highest BCUT2D eigenvalue weighted by Gasteiger charge is 2.13. The van der Waals surface area contributed by atoms with Crippen LogP contribution in [-0.4, -0.2) is 26.8 Å². The number of hydrazone groups is 1. The molecule has 7 heteroatoms. The van der Waals surface area contributed by atoms with Crippen molar-refractivity contribution in [3.8, 4) is 5.75 Å². The van der Waals surface area contributed by atoms with E-state index in [1.807, 2.05) is 47.0 Å². The molecule has 0 atom stereocenters. The quantitative estimate of drug-likeness (QED) is 0.269. The van der Waals surface area contributed by atoms with Gasteiger partial charge in [0.2, 0.25) is 0 Å². The number of phenols is 1. The lowest BCUT2D eigenvalue weighted by Gasteiger charge is -2.08. The minimum Gasteiger partial charge on any atom is -0.508 e. The van der Waals surface area contributed by atoms with Crippen molar-refractivity contribution >= 4 is 34.9 Å². The van der Waals surface area contributed by atoms with Crippen LogP contribution in [0, 0.1) is 0 Å². The Balaban J connectivity index is 1.48. The molecule has 30 heavy (non-hydrogen) atoms. The fourth-order valence-electron chi connectivity index (χ4n) is 3.04. The number of phenolic OH excluding ortho intramolecular Hbond substituents is 1. The van der Waals surface area contributed by atoms with E-state index in [0.29, 0.717) is 11.3 Å². The van der Waals surface area contributed by atoms with Gasteiger partial charge in [-0.05, 0) is 42.0 Å². The summed E-state index contributed by atoms with van der Waals surface area (Å²) in [5, 5.41) is 13.5. The molecule has 0 saturated heterocycles. The van der Waals surface area contributed by atoms with Crippen molar-refractivity contribution in [2.24, 2.45) is 5.10 Å². The number of fused-ring (bicyclic) bond motifs is 1. The van der Waals surface area contributed by atoms with E-state index >= 15 is 0 Å². The Morgan fingerprint density at radius 2 is 1.87 bits per heavy atom. The van der Waals surface area contributed by atoms with E-state index in [1.165, 1.54) is 6.21 Å². The van der Waals surface area contributed by atoms with Crippen molar-refractivity contribution in [2.75, 3.05) is 0 Å². The molecular weight excluding hydrogens is 396 g/mol. The van der Waals surface area contributed by atoms with Gasteiger partial charge in [-0.2, -0.15) is 5.10 Å². The number of rotatable bonds is 7. The van der Waals surface area contributed by atoms with Crippen LogP contribution in [0.25, 0.3) is 11.0 Å². The van der Waals surface area contributed by atoms with Crippen molar-refractivity contribution in [3.05, 3.63) is 90.3 Å². The van der Waals surface area contributed by atoms with Crippen molar-refractivity contribution in [1.82, 2.24) is 15.0 Å². The molecule has 0 aliphatic rings. The van der Waals surface area contributed by atoms with Crippen LogP contribution in [-0.2, 0) is 17.1 Å². The first kappa shape index (κ1) is 19.7. The first-order chi connectivity index (χ1) is 14.7. The first-order valence-corrected chi connectivity index (χ1v) is 10.4. The number of amides is 1. The number of benzene rings is 3. The summed E-state index contributed by atoms with van der Waals surface area (Å²) in [5.74, 6) is 1.38. The highest BCUT2D eigenvalue weighted by molar-refractivity contribution is 7.98. The number of hydrogen-bond acceptors (Lipinski definition) is 5. The number of para-hydroxylation sites is 2. The summed E-state index contributed by atoms with van der Waals surface area (Å²) in [7, 11) is 0. The number of nitrogens with one attached hydrogen (secondary N) is 1. The zero-order chi connectivity index (χ0) is 20.8. The highest BCUT2D eigenvalue weighted by atomic mass is 32.2. The normalized spacial score (nSPS) is 11.2. The van der Waals surface area contributed by atoms with Crippen LogP contribution in [0.4, 0.5) is 0 Å². The maximum atomic E-state index is 12.5. The Morgan fingerprint density at radius 3 is 2.70 bits per heavy atom. The molecule has 4 aromatic rings. The molecule has 0 aliphatic carbocycles. The van der Waals surface area contributed by atoms with Crippen molar-refractivity contribution < 1.29 is 9.90 Å². The van der Waals surface area contributed by atoms with Gasteiger partial charge in [-0.15, -0.1) is 11.8 Å². The van der Waals surface area contributed by atoms with E-state index in [9.17, 15) is 9.90 Å². The third kappa shape index (κ3) is 4.87. The molecular formula is C23H20N4O2S. The maximum absolute atomic E-state index is 12.5. The monoisotopic (exact) mass is 416 g/mol. The average molecular weight is 417 g/mol. The molecule has 0 aliphatic heterocycles. The van der Waals surface area contributed by atoms with Gasteiger partial charge in [-0.25, -0.2) is 10.4 Å². The van der Waals surface area contributed by atoms with Gasteiger partial charge in [0.25, 0.3) is 5.91 Å². The van der Waals surface area contributed by atoms with Gasteiger partial charge in [0.05, 0.1) is 23.0 Å². The van der Waals surface area contributed by atoms with Crippen LogP contribution in [0.1, 0.15) is 11.4 Å². The number of aromatic nitrogens is 2. The van der Waals surface area contributed by atoms with E-state index < -0.39 is 0 Å². The molecule has 1 amide bonds. The summed E-state index contributed by atoms with van der Waals surface area (Å²) in [6, 6.07) is 24.5. The fraction of sp³-hybridized carbons (Fsp3) is 0.0870. The Morgan fingerprint density at radius 1 is 1.07 bits per heavy atom. The largest absolute Gasteiger partial charge is 0.508 e. The predicted octanol–water partition coefficient (Wildman–Crippen LogP) is 4.18. The molecule has 6 nitrogen and oxygen atoms in total. The molecule has 1 heterocycles. The van der Waals surface area contributed by atoms with Crippen LogP contribution >= 0.6 is 11.8 Å². The Bertz CT molecular complexity index is 1190. The molecule has 0 bridgehead atoms. The van der Waals surface area contributed by atoms with E-state index in [-0.39, 0.29) is 18.2 Å². The second-order valence-electron chi connectivity index (χ2n) is 6.59. The average Bonchev–Trinajstić information content (AvgIpc) is 3.10. The van der Waals surface area contributed by atoms with Gasteiger partial charge in [0, 0.05) is 4.90 Å². The Labute approximate surface area is 178 Å². The molecule has 0 spiro atoms. The number of thioether (sulfide) groups is 1. The van der Waals surface area contributed by atoms with E-state index in [4.69, 9.17) is 4.98 Å². The summed E-state index contributed by atoms with van der Waals surface area (Å²) in [6.07, 6.45) is 1.50. The molecule has 0 unspecified atom stereocenters. The van der Waals surface area contributed by atoms with E-state index in [0.717, 1.165) is 21.8 Å². The topological polar surface area (TPSA) is 79.5 Å². The van der Waals surface area contributed by atoms with E-state index in [2.05, 4.69) is 22.7 Å². The molecule has 150 valence electrons. The second-order valence-corrected chi connectivity index (χ2v) is 7.64. The number of aromatic hydroxyl groups is 1. The minimum absolute atomic E-state index is 0.114. The van der Waals surface area contributed by atoms with Crippen LogP contribution in [0.3, 0.4) is 0 Å². The van der Waals surface area contributed by atoms with E-state index in [1.54, 1.807) is 36.0 Å². The lowest BCUT2D eigenvalue weighted by molar-refractivity contribution is -0.121. The summed E-state index contributed by atoms with van der Waals surface area (Å²) in [5.41, 5.74) is 5.01. The summed E-state index contributed by atoms with van der Waals surface area (Å²) in [4.78, 5) is 18.4. The maximum Gasteiger partial charge on any atom is 0.260 e. The molecule has 2 N–H and O–H groups in total. The van der Waals surface area contributed by atoms with Gasteiger partial charge < -0.3 is 9.67 Å². The number of carbonyl (C=O) groups is 1. The predicted molar refractivity (Wildman–Crippen MR) is 120 cm³/mol. The summed E-state index contributed by atoms with van der Waals surface area (Å²) in [6.45, 7) is 0.114. The van der Waals surface area contributed by atoms with Crippen molar-refractivity contribution in [3.63, 3.8) is 0 Å². The zero-order valence-electron chi connectivity index (χ0n) is 16.1. The van der Waals surface area contributed by atoms with Gasteiger partial charge in [-0.3, -0.25) is 4.79 Å². The van der Waals surface area contributed by atoms with Gasteiger partial charge >= 0.3 is 0 Å². The first-order valence-electron chi connectivity index (χ1n) is 9.42. The molecule has 0 fully saturated rings. The lowest BCUT2D eigenvalue weighted by atomic mass is 10.2. The highest BCUT2D eigenvalue weighted by Crippen LogP contribution is 2.24. The molecule has 0 radical (unpaired) electrons. The molecule has 4 rings (SSSR count). The van der Waals surface area contributed by atoms with Crippen LogP contribution in [0.15, 0.2) is 88.9 Å². The third-order valence-corrected chi connectivity index (χ3v) is 5.43. The summed E-state index contributed by atoms with van der Waals surface area (Å²) >= 11 is 1.68.